The number of allylic oxidation sites excluding steroid dienone is 1. The molecule has 0 bridgehead atoms. The fourth-order valence-corrected chi connectivity index (χ4v) is 6.62. The van der Waals surface area contributed by atoms with E-state index in [4.69, 9.17) is 9.47 Å². The van der Waals surface area contributed by atoms with Crippen molar-refractivity contribution in [2.45, 2.75) is 63.5 Å². The zero-order valence-electron chi connectivity index (χ0n) is 18.9. The maximum absolute atomic E-state index is 14.3. The second kappa shape index (κ2) is 7.32. The number of alkyl halides is 3. The third-order valence-electron chi connectivity index (χ3n) is 8.48. The minimum absolute atomic E-state index is 0.0405. The summed E-state index contributed by atoms with van der Waals surface area (Å²) in [4.78, 5) is 13.2. The predicted octanol–water partition coefficient (Wildman–Crippen LogP) is 5.01. The standard InChI is InChI=1S/C25H31F3O4/c1-14-11-12-17-20(22(17,2)3)19-16(14)13-18(23(19,4)30)32-21(29)24(31-5,25(26,27)28)15-9-7-6-8-10-15/h6-10,16-20,30H,1,11-13H2,2-5H3/t16-,17+,18-,19+,20+,23-,24+/m1/s1. The zero-order chi connectivity index (χ0) is 23.7. The van der Waals surface area contributed by atoms with Crippen molar-refractivity contribution >= 4 is 5.97 Å². The maximum Gasteiger partial charge on any atom is 0.432 e. The molecule has 7 heteroatoms. The third-order valence-corrected chi connectivity index (χ3v) is 8.48. The lowest BCUT2D eigenvalue weighted by molar-refractivity contribution is -0.280. The molecule has 1 aromatic carbocycles. The number of ether oxygens (including phenoxy) is 2. The Hall–Kier alpha value is -1.86. The molecule has 3 fully saturated rings. The summed E-state index contributed by atoms with van der Waals surface area (Å²) in [5, 5.41) is 11.5. The minimum atomic E-state index is -5.05. The molecule has 0 spiro atoms. The van der Waals surface area contributed by atoms with Gasteiger partial charge in [-0.2, -0.15) is 13.2 Å². The molecule has 3 aliphatic carbocycles. The number of aliphatic hydroxyl groups is 1. The average Bonchev–Trinajstić information content (AvgIpc) is 3.19. The molecule has 0 amide bonds. The summed E-state index contributed by atoms with van der Waals surface area (Å²) in [6.07, 6.45) is -4.07. The lowest BCUT2D eigenvalue weighted by Gasteiger charge is -2.37. The number of benzene rings is 1. The number of rotatable bonds is 4. The van der Waals surface area contributed by atoms with E-state index in [2.05, 4.69) is 20.4 Å². The first-order valence-corrected chi connectivity index (χ1v) is 11.1. The quantitative estimate of drug-likeness (QED) is 0.515. The van der Waals surface area contributed by atoms with Crippen molar-refractivity contribution in [3.8, 4) is 0 Å². The van der Waals surface area contributed by atoms with Gasteiger partial charge in [0.15, 0.2) is 0 Å². The molecule has 7 atom stereocenters. The van der Waals surface area contributed by atoms with Crippen molar-refractivity contribution in [1.29, 1.82) is 0 Å². The van der Waals surface area contributed by atoms with Gasteiger partial charge in [0.25, 0.3) is 5.60 Å². The highest BCUT2D eigenvalue weighted by atomic mass is 19.4. The van der Waals surface area contributed by atoms with Crippen LogP contribution in [0.1, 0.15) is 45.6 Å². The van der Waals surface area contributed by atoms with Crippen LogP contribution in [0, 0.1) is 29.1 Å². The van der Waals surface area contributed by atoms with E-state index in [1.165, 1.54) is 24.3 Å². The molecular formula is C25H31F3O4. The molecule has 3 aliphatic rings. The average molecular weight is 453 g/mol. The number of halogens is 3. The van der Waals surface area contributed by atoms with Gasteiger partial charge in [-0.05, 0) is 49.4 Å². The fourth-order valence-electron chi connectivity index (χ4n) is 6.62. The Kier molecular flexibility index (Phi) is 5.33. The first kappa shape index (κ1) is 23.3. The lowest BCUT2D eigenvalue weighted by atomic mass is 9.77. The van der Waals surface area contributed by atoms with E-state index in [-0.39, 0.29) is 35.2 Å². The summed E-state index contributed by atoms with van der Waals surface area (Å²) < 4.78 is 53.1. The fraction of sp³-hybridized carbons (Fsp3) is 0.640. The Labute approximate surface area is 186 Å². The van der Waals surface area contributed by atoms with Crippen LogP contribution in [0.5, 0.6) is 0 Å². The van der Waals surface area contributed by atoms with E-state index >= 15 is 0 Å². The van der Waals surface area contributed by atoms with E-state index < -0.39 is 29.5 Å². The molecule has 0 radical (unpaired) electrons. The van der Waals surface area contributed by atoms with Gasteiger partial charge >= 0.3 is 12.1 Å². The number of carbonyl (C=O) groups excluding carboxylic acids is 1. The van der Waals surface area contributed by atoms with Gasteiger partial charge in [0.1, 0.15) is 11.7 Å². The second-order valence-electron chi connectivity index (χ2n) is 10.4. The van der Waals surface area contributed by atoms with Crippen molar-refractivity contribution < 1.29 is 32.5 Å². The molecule has 4 nitrogen and oxygen atoms in total. The summed E-state index contributed by atoms with van der Waals surface area (Å²) >= 11 is 0. The van der Waals surface area contributed by atoms with Crippen LogP contribution in [0.2, 0.25) is 0 Å². The van der Waals surface area contributed by atoms with Crippen molar-refractivity contribution in [2.75, 3.05) is 7.11 Å². The number of hydrogen-bond acceptors (Lipinski definition) is 4. The molecule has 0 saturated heterocycles. The second-order valence-corrected chi connectivity index (χ2v) is 10.4. The van der Waals surface area contributed by atoms with E-state index in [9.17, 15) is 23.1 Å². The normalized spacial score (nSPS) is 37.6. The molecule has 32 heavy (non-hydrogen) atoms. The number of esters is 1. The van der Waals surface area contributed by atoms with Gasteiger partial charge in [-0.15, -0.1) is 0 Å². The highest BCUT2D eigenvalue weighted by molar-refractivity contribution is 5.83. The molecule has 1 aromatic rings. The minimum Gasteiger partial charge on any atom is -0.457 e. The van der Waals surface area contributed by atoms with Crippen molar-refractivity contribution in [3.05, 3.63) is 48.0 Å². The molecule has 0 aliphatic heterocycles. The molecule has 4 rings (SSSR count). The van der Waals surface area contributed by atoms with Crippen LogP contribution in [0.15, 0.2) is 42.5 Å². The van der Waals surface area contributed by atoms with Crippen LogP contribution >= 0.6 is 0 Å². The Morgan fingerprint density at radius 2 is 1.78 bits per heavy atom. The predicted molar refractivity (Wildman–Crippen MR) is 112 cm³/mol. The van der Waals surface area contributed by atoms with Crippen LogP contribution in [0.4, 0.5) is 13.2 Å². The van der Waals surface area contributed by atoms with Crippen LogP contribution in [0.3, 0.4) is 0 Å². The van der Waals surface area contributed by atoms with Gasteiger partial charge < -0.3 is 14.6 Å². The summed E-state index contributed by atoms with van der Waals surface area (Å²) in [5.74, 6) is -1.23. The van der Waals surface area contributed by atoms with E-state index in [0.717, 1.165) is 25.5 Å². The summed E-state index contributed by atoms with van der Waals surface area (Å²) in [6.45, 7) is 10.1. The van der Waals surface area contributed by atoms with E-state index in [0.29, 0.717) is 5.92 Å². The van der Waals surface area contributed by atoms with Crippen LogP contribution in [-0.2, 0) is 19.9 Å². The molecule has 3 saturated carbocycles. The van der Waals surface area contributed by atoms with Crippen molar-refractivity contribution in [1.82, 2.24) is 0 Å². The van der Waals surface area contributed by atoms with E-state index in [1.807, 2.05) is 0 Å². The first-order chi connectivity index (χ1) is 14.8. The van der Waals surface area contributed by atoms with Gasteiger partial charge in [0.2, 0.25) is 0 Å². The zero-order valence-corrected chi connectivity index (χ0v) is 18.9. The Morgan fingerprint density at radius 3 is 2.34 bits per heavy atom. The summed E-state index contributed by atoms with van der Waals surface area (Å²) in [7, 11) is 0.845. The summed E-state index contributed by atoms with van der Waals surface area (Å²) in [5.41, 5.74) is -4.08. The van der Waals surface area contributed by atoms with Gasteiger partial charge in [-0.1, -0.05) is 56.3 Å². The Balaban J connectivity index is 1.68. The first-order valence-electron chi connectivity index (χ1n) is 11.1. The number of carbonyl (C=O) groups is 1. The van der Waals surface area contributed by atoms with E-state index in [1.54, 1.807) is 13.0 Å². The van der Waals surface area contributed by atoms with Gasteiger partial charge in [-0.3, -0.25) is 0 Å². The van der Waals surface area contributed by atoms with Crippen LogP contribution < -0.4 is 0 Å². The number of fused-ring (bicyclic) bond motifs is 3. The Morgan fingerprint density at radius 1 is 1.16 bits per heavy atom. The SMILES string of the molecule is C=C1CC[C@H]2[C@@H]([C@@H]3[C@@H]1C[C@@H](OC(=O)[C@@](OC)(c1ccccc1)C(F)(F)F)[C@@]3(C)O)C2(C)C. The van der Waals surface area contributed by atoms with Crippen molar-refractivity contribution in [2.24, 2.45) is 29.1 Å². The molecule has 0 aromatic heterocycles. The third kappa shape index (κ3) is 3.15. The monoisotopic (exact) mass is 452 g/mol. The maximum atomic E-state index is 14.3. The molecule has 1 N–H and O–H groups in total. The van der Waals surface area contributed by atoms with Gasteiger partial charge in [0.05, 0.1) is 0 Å². The van der Waals surface area contributed by atoms with Crippen molar-refractivity contribution in [3.63, 3.8) is 0 Å². The smallest absolute Gasteiger partial charge is 0.432 e. The Bertz CT molecular complexity index is 908. The highest BCUT2D eigenvalue weighted by Crippen LogP contribution is 2.71. The van der Waals surface area contributed by atoms with Crippen LogP contribution in [-0.4, -0.2) is 36.1 Å². The van der Waals surface area contributed by atoms with Crippen LogP contribution in [0.25, 0.3) is 0 Å². The van der Waals surface area contributed by atoms with Gasteiger partial charge in [0, 0.05) is 18.6 Å². The number of methoxy groups -OCH3 is 1. The molecular weight excluding hydrogens is 421 g/mol. The molecule has 0 unspecified atom stereocenters. The molecule has 0 heterocycles. The number of hydrogen-bond donors (Lipinski definition) is 1. The molecule has 176 valence electrons. The summed E-state index contributed by atoms with van der Waals surface area (Å²) in [6, 6.07) is 6.75. The lowest BCUT2D eigenvalue weighted by Crippen LogP contribution is -2.54. The highest BCUT2D eigenvalue weighted by Gasteiger charge is 2.71. The topological polar surface area (TPSA) is 55.8 Å². The largest absolute Gasteiger partial charge is 0.457 e. The van der Waals surface area contributed by atoms with Gasteiger partial charge in [-0.25, -0.2) is 4.79 Å².